The third kappa shape index (κ3) is 4.94. The second-order valence-corrected chi connectivity index (χ2v) is 5.51. The number of hydrogen-bond acceptors (Lipinski definition) is 6. The molecule has 7 nitrogen and oxygen atoms in total. The molecular weight excluding hydrogens is 348 g/mol. The van der Waals surface area contributed by atoms with Gasteiger partial charge in [0.05, 0.1) is 12.8 Å². The minimum absolute atomic E-state index is 0.144. The molecule has 3 aromatic rings. The van der Waals surface area contributed by atoms with Gasteiger partial charge in [0.15, 0.2) is 12.4 Å². The Morgan fingerprint density at radius 1 is 1.15 bits per heavy atom. The van der Waals surface area contributed by atoms with E-state index in [0.29, 0.717) is 17.9 Å². The fourth-order valence-corrected chi connectivity index (χ4v) is 2.31. The average molecular weight is 366 g/mol. The van der Waals surface area contributed by atoms with Crippen molar-refractivity contribution in [2.24, 2.45) is 5.10 Å². The quantitative estimate of drug-likeness (QED) is 0.394. The summed E-state index contributed by atoms with van der Waals surface area (Å²) in [5.74, 6) is -0.129. The van der Waals surface area contributed by atoms with Gasteiger partial charge in [0, 0.05) is 5.39 Å². The highest BCUT2D eigenvalue weighted by molar-refractivity contribution is 5.96. The summed E-state index contributed by atoms with van der Waals surface area (Å²) in [6.07, 6.45) is 1.50. The number of hydrazone groups is 1. The Morgan fingerprint density at radius 2 is 1.93 bits per heavy atom. The predicted octanol–water partition coefficient (Wildman–Crippen LogP) is 3.14. The Kier molecular flexibility index (Phi) is 5.84. The number of hydrogen-bond donors (Lipinski definition) is 1. The van der Waals surface area contributed by atoms with Gasteiger partial charge in [-0.15, -0.1) is 0 Å². The monoisotopic (exact) mass is 366 g/mol. The molecule has 0 unspecified atom stereocenters. The largest absolute Gasteiger partial charge is 0.482 e. The molecule has 138 valence electrons. The van der Waals surface area contributed by atoms with Gasteiger partial charge < -0.3 is 13.9 Å². The number of ether oxygens (including phenoxy) is 2. The van der Waals surface area contributed by atoms with Crippen molar-refractivity contribution in [3.63, 3.8) is 0 Å². The summed E-state index contributed by atoms with van der Waals surface area (Å²) in [4.78, 5) is 23.3. The lowest BCUT2D eigenvalue weighted by molar-refractivity contribution is -0.145. The Bertz CT molecular complexity index is 927. The Balaban J connectivity index is 1.53. The summed E-state index contributed by atoms with van der Waals surface area (Å²) in [6.45, 7) is 1.91. The van der Waals surface area contributed by atoms with Crippen LogP contribution in [0.5, 0.6) is 5.75 Å². The number of nitrogens with one attached hydrogen (secondary N) is 1. The highest BCUT2D eigenvalue weighted by Gasteiger charge is 2.10. The SMILES string of the molecule is CCOC(=O)COc1ccc(/C=N/NC(=O)c2cc3ccccc3o2)cc1. The molecule has 27 heavy (non-hydrogen) atoms. The van der Waals surface area contributed by atoms with Crippen LogP contribution in [-0.2, 0) is 9.53 Å². The van der Waals surface area contributed by atoms with E-state index in [1.807, 2.05) is 18.2 Å². The van der Waals surface area contributed by atoms with Crippen LogP contribution in [0.2, 0.25) is 0 Å². The molecule has 0 saturated carbocycles. The minimum Gasteiger partial charge on any atom is -0.482 e. The van der Waals surface area contributed by atoms with Crippen LogP contribution in [0.3, 0.4) is 0 Å². The third-order valence-electron chi connectivity index (χ3n) is 3.57. The van der Waals surface area contributed by atoms with Crippen molar-refractivity contribution >= 4 is 29.1 Å². The van der Waals surface area contributed by atoms with E-state index in [0.717, 1.165) is 10.9 Å². The average Bonchev–Trinajstić information content (AvgIpc) is 3.12. The van der Waals surface area contributed by atoms with Gasteiger partial charge in [-0.1, -0.05) is 18.2 Å². The summed E-state index contributed by atoms with van der Waals surface area (Å²) in [5, 5.41) is 4.77. The molecule has 0 aliphatic carbocycles. The molecular formula is C20H18N2O5. The fourth-order valence-electron chi connectivity index (χ4n) is 2.31. The molecule has 0 atom stereocenters. The lowest BCUT2D eigenvalue weighted by atomic mass is 10.2. The first-order valence-electron chi connectivity index (χ1n) is 8.36. The fraction of sp³-hybridized carbons (Fsp3) is 0.150. The number of para-hydroxylation sites is 1. The summed E-state index contributed by atoms with van der Waals surface area (Å²) in [7, 11) is 0. The van der Waals surface area contributed by atoms with Crippen molar-refractivity contribution in [1.82, 2.24) is 5.43 Å². The van der Waals surface area contributed by atoms with Gasteiger partial charge in [-0.3, -0.25) is 4.79 Å². The van der Waals surface area contributed by atoms with Gasteiger partial charge in [0.25, 0.3) is 0 Å². The van der Waals surface area contributed by atoms with Crippen LogP contribution in [-0.4, -0.2) is 31.3 Å². The van der Waals surface area contributed by atoms with Gasteiger partial charge in [-0.05, 0) is 48.9 Å². The van der Waals surface area contributed by atoms with E-state index in [-0.39, 0.29) is 12.4 Å². The number of furan rings is 1. The molecule has 7 heteroatoms. The van der Waals surface area contributed by atoms with Crippen molar-refractivity contribution in [2.45, 2.75) is 6.92 Å². The van der Waals surface area contributed by atoms with E-state index in [4.69, 9.17) is 13.9 Å². The predicted molar refractivity (Wildman–Crippen MR) is 99.8 cm³/mol. The molecule has 1 aromatic heterocycles. The Labute approximate surface area is 155 Å². The Morgan fingerprint density at radius 3 is 2.67 bits per heavy atom. The summed E-state index contributed by atoms with van der Waals surface area (Å²) in [5.41, 5.74) is 3.82. The number of esters is 1. The first-order chi connectivity index (χ1) is 13.2. The smallest absolute Gasteiger partial charge is 0.344 e. The molecule has 2 aromatic carbocycles. The van der Waals surface area contributed by atoms with Crippen molar-refractivity contribution in [3.05, 3.63) is 65.9 Å². The lowest BCUT2D eigenvalue weighted by Gasteiger charge is -2.05. The molecule has 0 radical (unpaired) electrons. The van der Waals surface area contributed by atoms with Crippen LogP contribution in [0.4, 0.5) is 0 Å². The number of rotatable bonds is 7. The topological polar surface area (TPSA) is 90.1 Å². The maximum absolute atomic E-state index is 12.1. The number of benzene rings is 2. The molecule has 3 rings (SSSR count). The van der Waals surface area contributed by atoms with Gasteiger partial charge in [-0.25, -0.2) is 10.2 Å². The number of nitrogens with zero attached hydrogens (tertiary/aromatic N) is 1. The van der Waals surface area contributed by atoms with E-state index in [9.17, 15) is 9.59 Å². The molecule has 0 bridgehead atoms. The Hall–Kier alpha value is -3.61. The molecule has 0 spiro atoms. The van der Waals surface area contributed by atoms with Crippen LogP contribution in [0.15, 0.2) is 64.1 Å². The zero-order chi connectivity index (χ0) is 19.1. The van der Waals surface area contributed by atoms with Crippen LogP contribution in [0.25, 0.3) is 11.0 Å². The molecule has 0 fully saturated rings. The van der Waals surface area contributed by atoms with Crippen molar-refractivity contribution in [2.75, 3.05) is 13.2 Å². The first-order valence-corrected chi connectivity index (χ1v) is 8.36. The molecule has 0 aliphatic heterocycles. The second-order valence-electron chi connectivity index (χ2n) is 5.51. The molecule has 1 amide bonds. The van der Waals surface area contributed by atoms with Crippen molar-refractivity contribution < 1.29 is 23.5 Å². The van der Waals surface area contributed by atoms with Crippen LogP contribution >= 0.6 is 0 Å². The van der Waals surface area contributed by atoms with E-state index in [1.165, 1.54) is 6.21 Å². The highest BCUT2D eigenvalue weighted by atomic mass is 16.6. The highest BCUT2D eigenvalue weighted by Crippen LogP contribution is 2.18. The summed E-state index contributed by atoms with van der Waals surface area (Å²) >= 11 is 0. The normalized spacial score (nSPS) is 10.9. The van der Waals surface area contributed by atoms with E-state index in [2.05, 4.69) is 10.5 Å². The van der Waals surface area contributed by atoms with Crippen LogP contribution < -0.4 is 10.2 Å². The first kappa shape index (κ1) is 18.2. The summed E-state index contributed by atoms with van der Waals surface area (Å²) < 4.78 is 15.6. The van der Waals surface area contributed by atoms with E-state index >= 15 is 0 Å². The van der Waals surface area contributed by atoms with Crippen molar-refractivity contribution in [3.8, 4) is 5.75 Å². The zero-order valence-corrected chi connectivity index (χ0v) is 14.7. The second kappa shape index (κ2) is 8.66. The minimum atomic E-state index is -0.433. The third-order valence-corrected chi connectivity index (χ3v) is 3.57. The number of carbonyl (C=O) groups excluding carboxylic acids is 2. The molecule has 0 aliphatic rings. The van der Waals surface area contributed by atoms with Gasteiger partial charge in [-0.2, -0.15) is 5.10 Å². The van der Waals surface area contributed by atoms with Crippen LogP contribution in [0, 0.1) is 0 Å². The number of carbonyl (C=O) groups is 2. The zero-order valence-electron chi connectivity index (χ0n) is 14.7. The maximum Gasteiger partial charge on any atom is 0.344 e. The molecule has 0 saturated heterocycles. The van der Waals surface area contributed by atoms with Gasteiger partial charge in [0.1, 0.15) is 11.3 Å². The summed E-state index contributed by atoms with van der Waals surface area (Å²) in [6, 6.07) is 15.9. The maximum atomic E-state index is 12.1. The lowest BCUT2D eigenvalue weighted by Crippen LogP contribution is -2.16. The van der Waals surface area contributed by atoms with E-state index in [1.54, 1.807) is 43.3 Å². The van der Waals surface area contributed by atoms with Crippen molar-refractivity contribution in [1.29, 1.82) is 0 Å². The molecule has 1 N–H and O–H groups in total. The molecule has 1 heterocycles. The van der Waals surface area contributed by atoms with Gasteiger partial charge >= 0.3 is 11.9 Å². The van der Waals surface area contributed by atoms with Crippen LogP contribution in [0.1, 0.15) is 23.0 Å². The number of fused-ring (bicyclic) bond motifs is 1. The van der Waals surface area contributed by atoms with Gasteiger partial charge in [0.2, 0.25) is 0 Å². The van der Waals surface area contributed by atoms with E-state index < -0.39 is 11.9 Å². The standard InChI is InChI=1S/C20H18N2O5/c1-2-25-19(23)13-26-16-9-7-14(8-10-16)12-21-22-20(24)18-11-15-5-3-4-6-17(15)27-18/h3-12H,2,13H2,1H3,(H,22,24)/b21-12+. The number of amides is 1.